The van der Waals surface area contributed by atoms with Crippen LogP contribution in [0.5, 0.6) is 0 Å². The Hall–Kier alpha value is -0.580. The summed E-state index contributed by atoms with van der Waals surface area (Å²) in [5, 5.41) is 2.57. The minimum Gasteiger partial charge on any atom is -0.308 e. The van der Waals surface area contributed by atoms with Crippen LogP contribution in [0.15, 0.2) is 12.2 Å². The van der Waals surface area contributed by atoms with E-state index < -0.39 is 18.9 Å². The standard InChI is InChI=1S/C12H17F4N/c1-7(17-6-12(15,16)11(13)14)10-5-8-2-3-9(10)4-8/h2-3,7-11,17H,4-6H2,1H3. The highest BCUT2D eigenvalue weighted by atomic mass is 19.3. The molecule has 0 aromatic rings. The second-order valence-electron chi connectivity index (χ2n) is 5.18. The second-order valence-corrected chi connectivity index (χ2v) is 5.18. The summed E-state index contributed by atoms with van der Waals surface area (Å²) >= 11 is 0. The molecule has 0 spiro atoms. The van der Waals surface area contributed by atoms with E-state index in [2.05, 4.69) is 17.5 Å². The largest absolute Gasteiger partial charge is 0.319 e. The molecule has 1 saturated carbocycles. The molecule has 2 aliphatic rings. The fraction of sp³-hybridized carbons (Fsp3) is 0.833. The van der Waals surface area contributed by atoms with Crippen LogP contribution in [0.25, 0.3) is 0 Å². The summed E-state index contributed by atoms with van der Waals surface area (Å²) < 4.78 is 49.5. The lowest BCUT2D eigenvalue weighted by molar-refractivity contribution is -0.126. The zero-order valence-electron chi connectivity index (χ0n) is 9.67. The lowest BCUT2D eigenvalue weighted by Gasteiger charge is -2.28. The third kappa shape index (κ3) is 2.64. The maximum Gasteiger partial charge on any atom is 0.319 e. The first-order chi connectivity index (χ1) is 7.90. The Balaban J connectivity index is 1.82. The van der Waals surface area contributed by atoms with Crippen molar-refractivity contribution in [2.45, 2.75) is 38.2 Å². The average Bonchev–Trinajstić information content (AvgIpc) is 2.87. The zero-order chi connectivity index (χ0) is 12.6. The van der Waals surface area contributed by atoms with Gasteiger partial charge in [0.1, 0.15) is 0 Å². The molecule has 0 amide bonds. The van der Waals surface area contributed by atoms with Gasteiger partial charge in [-0.25, -0.2) is 8.78 Å². The van der Waals surface area contributed by atoms with Crippen molar-refractivity contribution < 1.29 is 17.6 Å². The summed E-state index contributed by atoms with van der Waals surface area (Å²) in [4.78, 5) is 0. The van der Waals surface area contributed by atoms with Gasteiger partial charge in [-0.1, -0.05) is 12.2 Å². The van der Waals surface area contributed by atoms with Gasteiger partial charge in [-0.2, -0.15) is 8.78 Å². The normalized spacial score (nSPS) is 33.6. The molecule has 4 atom stereocenters. The van der Waals surface area contributed by atoms with E-state index in [1.807, 2.05) is 0 Å². The van der Waals surface area contributed by atoms with Crippen LogP contribution in [-0.2, 0) is 0 Å². The van der Waals surface area contributed by atoms with Crippen molar-refractivity contribution in [2.75, 3.05) is 6.54 Å². The molecule has 17 heavy (non-hydrogen) atoms. The predicted molar refractivity (Wildman–Crippen MR) is 57.3 cm³/mol. The Morgan fingerprint density at radius 3 is 2.47 bits per heavy atom. The van der Waals surface area contributed by atoms with Crippen LogP contribution in [0, 0.1) is 17.8 Å². The number of halogens is 4. The first kappa shape index (κ1) is 12.9. The molecule has 2 aliphatic carbocycles. The van der Waals surface area contributed by atoms with Crippen LogP contribution >= 0.6 is 0 Å². The van der Waals surface area contributed by atoms with E-state index in [4.69, 9.17) is 0 Å². The van der Waals surface area contributed by atoms with Gasteiger partial charge in [0, 0.05) is 6.04 Å². The van der Waals surface area contributed by atoms with Crippen molar-refractivity contribution >= 4 is 0 Å². The van der Waals surface area contributed by atoms with E-state index in [9.17, 15) is 17.6 Å². The molecule has 0 aromatic heterocycles. The number of rotatable bonds is 5. The predicted octanol–water partition coefficient (Wildman–Crippen LogP) is 3.08. The van der Waals surface area contributed by atoms with E-state index in [-0.39, 0.29) is 6.04 Å². The number of nitrogens with one attached hydrogen (secondary N) is 1. The van der Waals surface area contributed by atoms with Crippen molar-refractivity contribution in [1.29, 1.82) is 0 Å². The minimum absolute atomic E-state index is 0.139. The van der Waals surface area contributed by atoms with Gasteiger partial charge in [-0.05, 0) is 37.5 Å². The first-order valence-corrected chi connectivity index (χ1v) is 5.98. The van der Waals surface area contributed by atoms with Crippen LogP contribution in [0.1, 0.15) is 19.8 Å². The Kier molecular flexibility index (Phi) is 3.48. The fourth-order valence-electron chi connectivity index (χ4n) is 2.92. The molecule has 0 radical (unpaired) electrons. The minimum atomic E-state index is -3.93. The third-order valence-corrected chi connectivity index (χ3v) is 3.95. The van der Waals surface area contributed by atoms with E-state index in [0.717, 1.165) is 12.8 Å². The number of alkyl halides is 4. The molecule has 1 N–H and O–H groups in total. The molecule has 1 nitrogen and oxygen atoms in total. The average molecular weight is 251 g/mol. The van der Waals surface area contributed by atoms with Gasteiger partial charge in [0.2, 0.25) is 0 Å². The number of hydrogen-bond donors (Lipinski definition) is 1. The van der Waals surface area contributed by atoms with Crippen LogP contribution < -0.4 is 5.32 Å². The molecular formula is C12H17F4N. The molecule has 0 saturated heterocycles. The van der Waals surface area contributed by atoms with Gasteiger partial charge >= 0.3 is 12.3 Å². The molecule has 0 aliphatic heterocycles. The SMILES string of the molecule is CC(NCC(F)(F)C(F)F)C1CC2C=CC1C2. The van der Waals surface area contributed by atoms with E-state index in [1.165, 1.54) is 0 Å². The van der Waals surface area contributed by atoms with Gasteiger partial charge in [0.15, 0.2) is 0 Å². The lowest BCUT2D eigenvalue weighted by Crippen LogP contribution is -2.45. The Morgan fingerprint density at radius 2 is 2.00 bits per heavy atom. The topological polar surface area (TPSA) is 12.0 Å². The highest BCUT2D eigenvalue weighted by Gasteiger charge is 2.43. The van der Waals surface area contributed by atoms with Crippen molar-refractivity contribution in [3.8, 4) is 0 Å². The van der Waals surface area contributed by atoms with E-state index >= 15 is 0 Å². The maximum absolute atomic E-state index is 12.8. The smallest absolute Gasteiger partial charge is 0.308 e. The summed E-state index contributed by atoms with van der Waals surface area (Å²) in [5.74, 6) is -2.63. The fourth-order valence-corrected chi connectivity index (χ4v) is 2.92. The Labute approximate surface area is 98.3 Å². The van der Waals surface area contributed by atoms with Gasteiger partial charge in [-0.15, -0.1) is 0 Å². The Bertz CT molecular complexity index is 303. The van der Waals surface area contributed by atoms with Crippen molar-refractivity contribution in [3.63, 3.8) is 0 Å². The van der Waals surface area contributed by atoms with Gasteiger partial charge in [-0.3, -0.25) is 0 Å². The molecule has 98 valence electrons. The van der Waals surface area contributed by atoms with Crippen molar-refractivity contribution in [3.05, 3.63) is 12.2 Å². The summed E-state index contributed by atoms with van der Waals surface area (Å²) in [7, 11) is 0. The van der Waals surface area contributed by atoms with Crippen LogP contribution in [-0.4, -0.2) is 24.9 Å². The second kappa shape index (κ2) is 4.59. The van der Waals surface area contributed by atoms with Crippen LogP contribution in [0.4, 0.5) is 17.6 Å². The molecule has 1 fully saturated rings. The molecule has 0 heterocycles. The Morgan fingerprint density at radius 1 is 1.29 bits per heavy atom. The lowest BCUT2D eigenvalue weighted by atomic mass is 9.87. The highest BCUT2D eigenvalue weighted by molar-refractivity contribution is 5.11. The third-order valence-electron chi connectivity index (χ3n) is 3.95. The quantitative estimate of drug-likeness (QED) is 0.585. The van der Waals surface area contributed by atoms with Crippen molar-refractivity contribution in [1.82, 2.24) is 5.32 Å². The summed E-state index contributed by atoms with van der Waals surface area (Å²) in [5.41, 5.74) is 0. The van der Waals surface area contributed by atoms with Gasteiger partial charge in [0.05, 0.1) is 6.54 Å². The van der Waals surface area contributed by atoms with Crippen LogP contribution in [0.2, 0.25) is 0 Å². The van der Waals surface area contributed by atoms with E-state index in [1.54, 1.807) is 6.92 Å². The van der Waals surface area contributed by atoms with Gasteiger partial charge < -0.3 is 5.32 Å². The highest BCUT2D eigenvalue weighted by Crippen LogP contribution is 2.44. The molecule has 2 rings (SSSR count). The van der Waals surface area contributed by atoms with E-state index in [0.29, 0.717) is 17.8 Å². The first-order valence-electron chi connectivity index (χ1n) is 5.98. The number of allylic oxidation sites excluding steroid dienone is 2. The summed E-state index contributed by atoms with van der Waals surface area (Å²) in [6, 6.07) is -0.139. The van der Waals surface area contributed by atoms with Crippen molar-refractivity contribution in [2.24, 2.45) is 17.8 Å². The maximum atomic E-state index is 12.8. The number of hydrogen-bond acceptors (Lipinski definition) is 1. The molecular weight excluding hydrogens is 234 g/mol. The summed E-state index contributed by atoms with van der Waals surface area (Å²) in [6.45, 7) is 0.865. The monoisotopic (exact) mass is 251 g/mol. The molecule has 4 unspecified atom stereocenters. The number of fused-ring (bicyclic) bond motifs is 2. The van der Waals surface area contributed by atoms with Crippen LogP contribution in [0.3, 0.4) is 0 Å². The zero-order valence-corrected chi connectivity index (χ0v) is 9.67. The summed E-state index contributed by atoms with van der Waals surface area (Å²) in [6.07, 6.45) is 2.77. The van der Waals surface area contributed by atoms with Gasteiger partial charge in [0.25, 0.3) is 0 Å². The molecule has 5 heteroatoms. The molecule has 2 bridgehead atoms. The molecule has 0 aromatic carbocycles.